The molecule has 0 fully saturated rings. The first-order valence-electron chi connectivity index (χ1n) is 35.2. The van der Waals surface area contributed by atoms with Gasteiger partial charge in [-0.05, 0) is 175 Å². The molecule has 6 aromatic carbocycles. The third-order valence-electron chi connectivity index (χ3n) is 16.9. The van der Waals surface area contributed by atoms with Crippen LogP contribution in [0.5, 0.6) is 0 Å². The minimum atomic E-state index is -0.125. The summed E-state index contributed by atoms with van der Waals surface area (Å²) in [6.07, 6.45) is 9.19. The number of aryl methyl sites for hydroxylation is 9. The summed E-state index contributed by atoms with van der Waals surface area (Å²) in [5.74, 6) is 2.48. The Morgan fingerprint density at radius 3 is 0.926 bits per heavy atom. The van der Waals surface area contributed by atoms with Crippen LogP contribution >= 0.6 is 0 Å². The first-order chi connectivity index (χ1) is 49.0. The summed E-state index contributed by atoms with van der Waals surface area (Å²) in [5, 5.41) is 28.1. The molecule has 3 N–H and O–H groups in total. The Labute approximate surface area is 679 Å². The van der Waals surface area contributed by atoms with Gasteiger partial charge in [0.05, 0.1) is 17.3 Å². The molecule has 0 aliphatic heterocycles. The zero-order valence-corrected chi connectivity index (χ0v) is 73.9. The number of aliphatic hydroxyl groups excluding tert-OH is 3. The van der Waals surface area contributed by atoms with Crippen LogP contribution in [0.4, 0.5) is 0 Å². The van der Waals surface area contributed by atoms with Crippen molar-refractivity contribution < 1.29 is 103 Å². The summed E-state index contributed by atoms with van der Waals surface area (Å²) in [6.45, 7) is 47.6. The van der Waals surface area contributed by atoms with Crippen LogP contribution in [-0.2, 0) is 90.9 Å². The van der Waals surface area contributed by atoms with Gasteiger partial charge in [0.2, 0.25) is 0 Å². The van der Waals surface area contributed by atoms with E-state index in [1.807, 2.05) is 36.8 Å². The van der Waals surface area contributed by atoms with Crippen LogP contribution in [0.1, 0.15) is 171 Å². The molecule has 0 saturated carbocycles. The van der Waals surface area contributed by atoms with E-state index < -0.39 is 0 Å². The van der Waals surface area contributed by atoms with Crippen molar-refractivity contribution in [1.82, 2.24) is 15.0 Å². The molecule has 6 heterocycles. The third kappa shape index (κ3) is 26.4. The Morgan fingerprint density at radius 2 is 0.648 bits per heavy atom. The topological polar surface area (TPSA) is 190 Å². The molecular weight excluding hydrogens is 1880 g/mol. The van der Waals surface area contributed by atoms with Gasteiger partial charge >= 0.3 is 0 Å². The standard InChI is InChI=1S/C27H28NO.C26H26NO.C25H24NO.3C5H8O2.3Ir/c1-16-8-18(3)26(19(4)9-16)25-13-21-15-28-23(14-24(21)29-25)20-10-17(2)11-22(12-20)27(5,6)7;1-16-10-19(12-21(11-16)26(4,5)6)22-14-23-20(15-27-22)13-24(28-23)25-17(2)8-7-9-18(25)3;1-16-6-8-18(9-7-16)23-13-20-15-26-22(14-24(20)27-23)19-10-17(2)11-21(12-19)25(3,4)5;3*1-4(6)3-5(2)7;;;/h8-9,11-15H,1-7H3;7-9,11-15H,1-6H3;6-9,11-15H,1-5H3;3*3,6H,1-2H3;;;/q3*-1;;;;;;. The molecule has 0 bridgehead atoms. The predicted molar refractivity (Wildman–Crippen MR) is 431 cm³/mol. The van der Waals surface area contributed by atoms with Crippen molar-refractivity contribution in [2.75, 3.05) is 0 Å². The van der Waals surface area contributed by atoms with Crippen LogP contribution in [0.3, 0.4) is 0 Å². The maximum Gasteiger partial charge on any atom is 0.155 e. The smallest absolute Gasteiger partial charge is 0.155 e. The first-order valence-corrected chi connectivity index (χ1v) is 35.2. The number of ketones is 3. The zero-order chi connectivity index (χ0) is 77.7. The number of carbonyl (C=O) groups excluding carboxylic acids is 3. The van der Waals surface area contributed by atoms with Crippen LogP contribution in [0.25, 0.3) is 101 Å². The summed E-state index contributed by atoms with van der Waals surface area (Å²) in [6, 6.07) is 55.0. The Hall–Kier alpha value is -9.03. The fraction of sp³-hybridized carbons (Fsp3) is 0.290. The van der Waals surface area contributed by atoms with Gasteiger partial charge in [-0.15, -0.1) is 105 Å². The van der Waals surface area contributed by atoms with Gasteiger partial charge in [-0.3, -0.25) is 14.4 Å². The normalized spacial score (nSPS) is 11.5. The van der Waals surface area contributed by atoms with Gasteiger partial charge in [0.15, 0.2) is 17.3 Å². The second-order valence-electron chi connectivity index (χ2n) is 30.4. The van der Waals surface area contributed by atoms with Crippen molar-refractivity contribution in [3.05, 3.63) is 266 Å². The van der Waals surface area contributed by atoms with E-state index in [1.54, 1.807) is 0 Å². The Morgan fingerprint density at radius 1 is 0.361 bits per heavy atom. The van der Waals surface area contributed by atoms with Crippen molar-refractivity contribution in [2.45, 2.75) is 182 Å². The SMILES string of the molecule is CC(=O)C=C(C)O.CC(=O)C=C(C)O.CC(=O)C=C(C)O.Cc1[c-]c(-c2cc3oc(-c4c(C)cc(C)cc4C)cc3cn2)cc(C(C)(C)C)c1.Cc1[c-]c(-c2cc3oc(-c4c(C)cccc4C)cc3cn2)cc(C(C)(C)C)c1.Cc1[c-]c(-c2cc3oc(-c4ccc(C)cc4)cc3cn2)cc(C(C)(C)C)c1.[Ir].[Ir].[Ir]. The molecule has 12 aromatic rings. The molecule has 15 heteroatoms. The number of hydrogen-bond acceptors (Lipinski definition) is 12. The summed E-state index contributed by atoms with van der Waals surface area (Å²) in [5.41, 5.74) is 26.6. The van der Waals surface area contributed by atoms with Crippen LogP contribution < -0.4 is 0 Å². The van der Waals surface area contributed by atoms with E-state index in [1.165, 1.54) is 115 Å². The van der Waals surface area contributed by atoms with Crippen molar-refractivity contribution in [3.8, 4) is 67.7 Å². The quantitative estimate of drug-likeness (QED) is 0.0705. The molecule has 573 valence electrons. The monoisotopic (exact) mass is 1980 g/mol. The van der Waals surface area contributed by atoms with Crippen LogP contribution in [0, 0.1) is 80.5 Å². The molecule has 0 unspecified atom stereocenters. The predicted octanol–water partition coefficient (Wildman–Crippen LogP) is 24.7. The van der Waals surface area contributed by atoms with Gasteiger partial charge < -0.3 is 43.5 Å². The number of furan rings is 3. The minimum Gasteiger partial charge on any atom is -0.512 e. The fourth-order valence-corrected chi connectivity index (χ4v) is 11.9. The molecule has 3 radical (unpaired) electrons. The maximum atomic E-state index is 10.0. The van der Waals surface area contributed by atoms with E-state index in [0.29, 0.717) is 0 Å². The second-order valence-corrected chi connectivity index (χ2v) is 30.4. The van der Waals surface area contributed by atoms with Gasteiger partial charge in [-0.2, -0.15) is 0 Å². The average molecular weight is 1980 g/mol. The van der Waals surface area contributed by atoms with E-state index in [4.69, 9.17) is 38.5 Å². The van der Waals surface area contributed by atoms with Gasteiger partial charge in [0, 0.05) is 130 Å². The summed E-state index contributed by atoms with van der Waals surface area (Å²) >= 11 is 0. The summed E-state index contributed by atoms with van der Waals surface area (Å²) in [7, 11) is 0. The van der Waals surface area contributed by atoms with E-state index >= 15 is 0 Å². The van der Waals surface area contributed by atoms with Crippen molar-refractivity contribution in [3.63, 3.8) is 0 Å². The number of fused-ring (bicyclic) bond motifs is 3. The first kappa shape index (κ1) is 91.4. The molecule has 12 nitrogen and oxygen atoms in total. The Kier molecular flexibility index (Phi) is 33.3. The third-order valence-corrected chi connectivity index (χ3v) is 16.9. The van der Waals surface area contributed by atoms with Gasteiger partial charge in [-0.1, -0.05) is 149 Å². The van der Waals surface area contributed by atoms with Crippen molar-refractivity contribution >= 4 is 50.3 Å². The molecule has 0 spiro atoms. The molecule has 108 heavy (non-hydrogen) atoms. The number of allylic oxidation sites excluding steroid dienone is 6. The van der Waals surface area contributed by atoms with E-state index in [2.05, 4.69) is 257 Å². The number of pyridine rings is 3. The van der Waals surface area contributed by atoms with Gasteiger partial charge in [-0.25, -0.2) is 0 Å². The molecule has 0 aliphatic rings. The van der Waals surface area contributed by atoms with Crippen LogP contribution in [0.15, 0.2) is 195 Å². The number of hydrogen-bond donors (Lipinski definition) is 3. The van der Waals surface area contributed by atoms with Gasteiger partial charge in [0.25, 0.3) is 0 Å². The molecular formula is C93H102Ir3N3O9-3. The molecule has 0 saturated heterocycles. The Balaban J connectivity index is 0.000000298. The van der Waals surface area contributed by atoms with Crippen LogP contribution in [-0.4, -0.2) is 47.6 Å². The molecule has 12 rings (SSSR count). The van der Waals surface area contributed by atoms with E-state index in [0.717, 1.165) is 112 Å². The van der Waals surface area contributed by atoms with E-state index in [9.17, 15) is 14.4 Å². The maximum absolute atomic E-state index is 10.0. The summed E-state index contributed by atoms with van der Waals surface area (Å²) in [4.78, 5) is 44.1. The fourth-order valence-electron chi connectivity index (χ4n) is 11.9. The number of benzene rings is 6. The van der Waals surface area contributed by atoms with Gasteiger partial charge in [0.1, 0.15) is 34.0 Å². The van der Waals surface area contributed by atoms with Crippen LogP contribution in [0.2, 0.25) is 0 Å². The number of nitrogens with zero attached hydrogens (tertiary/aromatic N) is 3. The average Bonchev–Trinajstić information content (AvgIpc) is 1.65. The largest absolute Gasteiger partial charge is 0.512 e. The van der Waals surface area contributed by atoms with E-state index in [-0.39, 0.29) is 111 Å². The number of aromatic nitrogens is 3. The second kappa shape index (κ2) is 39.4. The number of rotatable bonds is 9. The zero-order valence-electron chi connectivity index (χ0n) is 66.7. The molecule has 0 amide bonds. The molecule has 0 atom stereocenters. The Bertz CT molecular complexity index is 5110. The number of carbonyl (C=O) groups is 3. The minimum absolute atomic E-state index is 0. The van der Waals surface area contributed by atoms with Crippen molar-refractivity contribution in [2.24, 2.45) is 0 Å². The molecule has 0 aliphatic carbocycles. The summed E-state index contributed by atoms with van der Waals surface area (Å²) < 4.78 is 18.7. The van der Waals surface area contributed by atoms with Crippen molar-refractivity contribution in [1.29, 1.82) is 0 Å². The number of aliphatic hydroxyl groups is 3. The molecule has 6 aromatic heterocycles.